The molecule has 0 saturated heterocycles. The van der Waals surface area contributed by atoms with Crippen LogP contribution in [0.1, 0.15) is 24.8 Å². The van der Waals surface area contributed by atoms with E-state index in [9.17, 15) is 13.2 Å². The van der Waals surface area contributed by atoms with E-state index in [1.165, 1.54) is 0 Å². The standard InChI is InChI=1S/C13H16ClNO3S/c1-19(17,18)9-6-12(16)15-13(7-8-13)10-2-4-11(14)5-3-10/h2-5H,6-9H2,1H3,(H,15,16). The zero-order chi connectivity index (χ0) is 14.1. The minimum Gasteiger partial charge on any atom is -0.347 e. The molecule has 2 rings (SSSR count). The lowest BCUT2D eigenvalue weighted by Gasteiger charge is -2.18. The predicted octanol–water partition coefficient (Wildman–Crippen LogP) is 1.88. The van der Waals surface area contributed by atoms with Crippen molar-refractivity contribution in [2.75, 3.05) is 12.0 Å². The summed E-state index contributed by atoms with van der Waals surface area (Å²) in [4.78, 5) is 11.8. The second-order valence-electron chi connectivity index (χ2n) is 5.02. The van der Waals surface area contributed by atoms with Crippen molar-refractivity contribution in [3.8, 4) is 0 Å². The summed E-state index contributed by atoms with van der Waals surface area (Å²) in [5.74, 6) is -0.340. The summed E-state index contributed by atoms with van der Waals surface area (Å²) in [6, 6.07) is 7.37. The lowest BCUT2D eigenvalue weighted by Crippen LogP contribution is -2.35. The highest BCUT2D eigenvalue weighted by Gasteiger charge is 2.45. The number of hydrogen-bond donors (Lipinski definition) is 1. The fourth-order valence-corrected chi connectivity index (χ4v) is 2.67. The van der Waals surface area contributed by atoms with E-state index in [1.54, 1.807) is 12.1 Å². The van der Waals surface area contributed by atoms with E-state index in [0.717, 1.165) is 24.7 Å². The molecule has 0 radical (unpaired) electrons. The zero-order valence-electron chi connectivity index (χ0n) is 10.6. The fourth-order valence-electron chi connectivity index (χ4n) is 1.99. The number of carbonyl (C=O) groups excluding carboxylic acids is 1. The summed E-state index contributed by atoms with van der Waals surface area (Å²) < 4.78 is 22.1. The lowest BCUT2D eigenvalue weighted by atomic mass is 10.0. The summed E-state index contributed by atoms with van der Waals surface area (Å²) in [5.41, 5.74) is 0.698. The molecule has 1 fully saturated rings. The second kappa shape index (κ2) is 5.13. The fraction of sp³-hybridized carbons (Fsp3) is 0.462. The van der Waals surface area contributed by atoms with E-state index < -0.39 is 9.84 Å². The average molecular weight is 302 g/mol. The van der Waals surface area contributed by atoms with Gasteiger partial charge >= 0.3 is 0 Å². The maximum Gasteiger partial charge on any atom is 0.221 e. The molecule has 0 unspecified atom stereocenters. The number of benzene rings is 1. The van der Waals surface area contributed by atoms with Crippen molar-refractivity contribution < 1.29 is 13.2 Å². The van der Waals surface area contributed by atoms with Gasteiger partial charge in [-0.05, 0) is 30.5 Å². The number of hydrogen-bond acceptors (Lipinski definition) is 3. The highest BCUT2D eigenvalue weighted by atomic mass is 35.5. The van der Waals surface area contributed by atoms with Gasteiger partial charge in [-0.1, -0.05) is 23.7 Å². The molecule has 1 amide bonds. The molecule has 1 aliphatic rings. The third kappa shape index (κ3) is 3.94. The Balaban J connectivity index is 1.98. The molecule has 1 aromatic carbocycles. The van der Waals surface area contributed by atoms with Crippen LogP contribution in [0.3, 0.4) is 0 Å². The van der Waals surface area contributed by atoms with Crippen molar-refractivity contribution in [1.82, 2.24) is 5.32 Å². The van der Waals surface area contributed by atoms with Gasteiger partial charge in [0.05, 0.1) is 11.3 Å². The van der Waals surface area contributed by atoms with Gasteiger partial charge in [-0.2, -0.15) is 0 Å². The van der Waals surface area contributed by atoms with E-state index in [1.807, 2.05) is 12.1 Å². The Morgan fingerprint density at radius 1 is 1.32 bits per heavy atom. The number of carbonyl (C=O) groups is 1. The number of sulfone groups is 1. The molecular weight excluding hydrogens is 286 g/mol. The first-order chi connectivity index (χ1) is 8.81. The molecule has 0 aromatic heterocycles. The highest BCUT2D eigenvalue weighted by Crippen LogP contribution is 2.45. The van der Waals surface area contributed by atoms with Crippen LogP contribution in [0.5, 0.6) is 0 Å². The van der Waals surface area contributed by atoms with Crippen LogP contribution in [0.4, 0.5) is 0 Å². The van der Waals surface area contributed by atoms with Crippen molar-refractivity contribution in [3.63, 3.8) is 0 Å². The van der Waals surface area contributed by atoms with Crippen LogP contribution < -0.4 is 5.32 Å². The van der Waals surface area contributed by atoms with Crippen LogP contribution in [0, 0.1) is 0 Å². The first kappa shape index (κ1) is 14.3. The molecule has 6 heteroatoms. The molecule has 4 nitrogen and oxygen atoms in total. The minimum atomic E-state index is -3.10. The second-order valence-corrected chi connectivity index (χ2v) is 7.71. The van der Waals surface area contributed by atoms with Crippen LogP contribution in [-0.2, 0) is 20.2 Å². The van der Waals surface area contributed by atoms with Crippen LogP contribution in [-0.4, -0.2) is 26.3 Å². The maximum atomic E-state index is 11.8. The Kier molecular flexibility index (Phi) is 3.87. The van der Waals surface area contributed by atoms with Crippen LogP contribution in [0.25, 0.3) is 0 Å². The molecule has 104 valence electrons. The Morgan fingerprint density at radius 3 is 2.37 bits per heavy atom. The smallest absolute Gasteiger partial charge is 0.221 e. The van der Waals surface area contributed by atoms with Crippen molar-refractivity contribution in [1.29, 1.82) is 0 Å². The van der Waals surface area contributed by atoms with E-state index in [2.05, 4.69) is 5.32 Å². The zero-order valence-corrected chi connectivity index (χ0v) is 12.2. The Hall–Kier alpha value is -1.07. The molecular formula is C13H16ClNO3S. The first-order valence-electron chi connectivity index (χ1n) is 6.06. The molecule has 1 aliphatic carbocycles. The largest absolute Gasteiger partial charge is 0.347 e. The van der Waals surface area contributed by atoms with Gasteiger partial charge in [0, 0.05) is 17.7 Å². The maximum absolute atomic E-state index is 11.8. The quantitative estimate of drug-likeness (QED) is 0.903. The summed E-state index contributed by atoms with van der Waals surface area (Å²) in [6.07, 6.45) is 2.89. The van der Waals surface area contributed by atoms with Crippen molar-refractivity contribution in [2.45, 2.75) is 24.8 Å². The van der Waals surface area contributed by atoms with E-state index in [4.69, 9.17) is 11.6 Å². The van der Waals surface area contributed by atoms with Gasteiger partial charge in [0.25, 0.3) is 0 Å². The summed E-state index contributed by atoms with van der Waals surface area (Å²) in [6.45, 7) is 0. The molecule has 1 saturated carbocycles. The van der Waals surface area contributed by atoms with Crippen molar-refractivity contribution >= 4 is 27.3 Å². The molecule has 0 aliphatic heterocycles. The molecule has 0 atom stereocenters. The summed E-state index contributed by atoms with van der Waals surface area (Å²) >= 11 is 5.83. The summed E-state index contributed by atoms with van der Waals surface area (Å²) in [5, 5.41) is 3.58. The SMILES string of the molecule is CS(=O)(=O)CCC(=O)NC1(c2ccc(Cl)cc2)CC1. The number of amides is 1. The minimum absolute atomic E-state index is 0.00811. The third-order valence-electron chi connectivity index (χ3n) is 3.23. The van der Waals surface area contributed by atoms with Crippen LogP contribution >= 0.6 is 11.6 Å². The van der Waals surface area contributed by atoms with Crippen molar-refractivity contribution in [3.05, 3.63) is 34.9 Å². The Bertz CT molecular complexity index is 576. The number of rotatable bonds is 5. The number of nitrogens with one attached hydrogen (secondary N) is 1. The lowest BCUT2D eigenvalue weighted by molar-refractivity contribution is -0.121. The monoisotopic (exact) mass is 301 g/mol. The molecule has 19 heavy (non-hydrogen) atoms. The van der Waals surface area contributed by atoms with Gasteiger partial charge in [0.1, 0.15) is 9.84 Å². The topological polar surface area (TPSA) is 63.2 Å². The molecule has 0 heterocycles. The first-order valence-corrected chi connectivity index (χ1v) is 8.49. The Labute approximate surface area is 118 Å². The molecule has 1 N–H and O–H groups in total. The van der Waals surface area contributed by atoms with Crippen molar-refractivity contribution in [2.24, 2.45) is 0 Å². The molecule has 0 bridgehead atoms. The van der Waals surface area contributed by atoms with Gasteiger partial charge in [-0.15, -0.1) is 0 Å². The number of halogens is 1. The van der Waals surface area contributed by atoms with Crippen LogP contribution in [0.15, 0.2) is 24.3 Å². The third-order valence-corrected chi connectivity index (χ3v) is 4.42. The summed E-state index contributed by atoms with van der Waals surface area (Å²) in [7, 11) is -3.10. The highest BCUT2D eigenvalue weighted by molar-refractivity contribution is 7.90. The van der Waals surface area contributed by atoms with E-state index in [0.29, 0.717) is 5.02 Å². The van der Waals surface area contributed by atoms with Gasteiger partial charge in [-0.3, -0.25) is 4.79 Å². The molecule has 1 aromatic rings. The van der Waals surface area contributed by atoms with Gasteiger partial charge in [0.2, 0.25) is 5.91 Å². The Morgan fingerprint density at radius 2 is 1.89 bits per heavy atom. The predicted molar refractivity (Wildman–Crippen MR) is 74.8 cm³/mol. The normalized spacial score (nSPS) is 16.9. The van der Waals surface area contributed by atoms with Crippen LogP contribution in [0.2, 0.25) is 5.02 Å². The molecule has 0 spiro atoms. The average Bonchev–Trinajstić information content (AvgIpc) is 3.07. The van der Waals surface area contributed by atoms with Gasteiger partial charge in [-0.25, -0.2) is 8.42 Å². The van der Waals surface area contributed by atoms with E-state index in [-0.39, 0.29) is 23.6 Å². The van der Waals surface area contributed by atoms with Gasteiger partial charge in [0.15, 0.2) is 0 Å². The van der Waals surface area contributed by atoms with E-state index >= 15 is 0 Å². The van der Waals surface area contributed by atoms with Gasteiger partial charge < -0.3 is 5.32 Å².